The number of phenols is 1. The van der Waals surface area contributed by atoms with Gasteiger partial charge in [0, 0.05) is 10.3 Å². The van der Waals surface area contributed by atoms with Crippen LogP contribution in [0.3, 0.4) is 0 Å². The molecule has 0 saturated carbocycles. The van der Waals surface area contributed by atoms with E-state index in [0.29, 0.717) is 10.3 Å². The van der Waals surface area contributed by atoms with E-state index in [1.807, 2.05) is 42.5 Å². The van der Waals surface area contributed by atoms with E-state index >= 15 is 0 Å². The van der Waals surface area contributed by atoms with Gasteiger partial charge in [0.2, 0.25) is 0 Å². The third-order valence-corrected chi connectivity index (χ3v) is 5.32. The van der Waals surface area contributed by atoms with Crippen LogP contribution in [0.2, 0.25) is 0 Å². The van der Waals surface area contributed by atoms with Gasteiger partial charge in [0.1, 0.15) is 16.9 Å². The topological polar surface area (TPSA) is 76.7 Å². The van der Waals surface area contributed by atoms with E-state index < -0.39 is 11.6 Å². The average Bonchev–Trinajstić information content (AvgIpc) is 2.69. The SMILES string of the molecule is COC(=O)c1cc2c(Sc3ccc4ccccc4c3)c(O)ccc2oc1=O. The molecule has 3 aromatic carbocycles. The van der Waals surface area contributed by atoms with Crippen LogP contribution in [0.4, 0.5) is 0 Å². The zero-order valence-electron chi connectivity index (χ0n) is 14.3. The summed E-state index contributed by atoms with van der Waals surface area (Å²) in [6.07, 6.45) is 0. The van der Waals surface area contributed by atoms with E-state index in [1.165, 1.54) is 37.1 Å². The molecule has 27 heavy (non-hydrogen) atoms. The lowest BCUT2D eigenvalue weighted by atomic mass is 10.1. The number of phenolic OH excluding ortho intramolecular Hbond substituents is 1. The van der Waals surface area contributed by atoms with Crippen LogP contribution in [0.5, 0.6) is 5.75 Å². The Labute approximate surface area is 158 Å². The Kier molecular flexibility index (Phi) is 4.33. The van der Waals surface area contributed by atoms with Crippen molar-refractivity contribution in [3.8, 4) is 5.75 Å². The van der Waals surface area contributed by atoms with E-state index in [1.54, 1.807) is 0 Å². The first kappa shape index (κ1) is 17.2. The zero-order chi connectivity index (χ0) is 19.0. The molecule has 1 N–H and O–H groups in total. The molecule has 0 radical (unpaired) electrons. The first-order valence-corrected chi connectivity index (χ1v) is 8.93. The summed E-state index contributed by atoms with van der Waals surface area (Å²) in [6.45, 7) is 0. The van der Waals surface area contributed by atoms with Gasteiger partial charge >= 0.3 is 11.6 Å². The second-order valence-corrected chi connectivity index (χ2v) is 6.96. The van der Waals surface area contributed by atoms with Gasteiger partial charge in [-0.05, 0) is 41.1 Å². The maximum absolute atomic E-state index is 12.0. The normalized spacial score (nSPS) is 11.0. The Morgan fingerprint density at radius 2 is 1.81 bits per heavy atom. The highest BCUT2D eigenvalue weighted by molar-refractivity contribution is 7.99. The minimum absolute atomic E-state index is 0.0327. The minimum Gasteiger partial charge on any atom is -0.507 e. The summed E-state index contributed by atoms with van der Waals surface area (Å²) < 4.78 is 9.87. The van der Waals surface area contributed by atoms with Crippen LogP contribution in [0.25, 0.3) is 21.7 Å². The van der Waals surface area contributed by atoms with Gasteiger partial charge in [-0.1, -0.05) is 42.1 Å². The van der Waals surface area contributed by atoms with Crippen LogP contribution in [0.15, 0.2) is 79.7 Å². The van der Waals surface area contributed by atoms with Crippen LogP contribution in [-0.2, 0) is 4.74 Å². The third kappa shape index (κ3) is 3.15. The molecule has 0 saturated heterocycles. The number of methoxy groups -OCH3 is 1. The van der Waals surface area contributed by atoms with Crippen molar-refractivity contribution in [2.24, 2.45) is 0 Å². The van der Waals surface area contributed by atoms with Gasteiger partial charge in [0.15, 0.2) is 0 Å². The molecule has 0 aliphatic carbocycles. The Bertz CT molecular complexity index is 1240. The first-order valence-electron chi connectivity index (χ1n) is 8.11. The Morgan fingerprint density at radius 1 is 1.04 bits per heavy atom. The van der Waals surface area contributed by atoms with Gasteiger partial charge in [0.25, 0.3) is 0 Å². The van der Waals surface area contributed by atoms with Gasteiger partial charge in [-0.15, -0.1) is 0 Å². The highest BCUT2D eigenvalue weighted by atomic mass is 32.2. The lowest BCUT2D eigenvalue weighted by Gasteiger charge is -2.10. The van der Waals surface area contributed by atoms with Crippen LogP contribution in [-0.4, -0.2) is 18.2 Å². The van der Waals surface area contributed by atoms with Crippen molar-refractivity contribution in [3.05, 3.63) is 76.6 Å². The number of rotatable bonds is 3. The number of fused-ring (bicyclic) bond motifs is 2. The van der Waals surface area contributed by atoms with E-state index in [-0.39, 0.29) is 16.9 Å². The molecule has 0 fully saturated rings. The van der Waals surface area contributed by atoms with E-state index in [0.717, 1.165) is 15.7 Å². The number of hydrogen-bond donors (Lipinski definition) is 1. The zero-order valence-corrected chi connectivity index (χ0v) is 15.1. The molecule has 0 spiro atoms. The molecule has 0 atom stereocenters. The largest absolute Gasteiger partial charge is 0.507 e. The van der Waals surface area contributed by atoms with Gasteiger partial charge in [-0.25, -0.2) is 9.59 Å². The number of aromatic hydroxyl groups is 1. The van der Waals surface area contributed by atoms with Gasteiger partial charge in [0.05, 0.1) is 12.0 Å². The predicted molar refractivity (Wildman–Crippen MR) is 104 cm³/mol. The van der Waals surface area contributed by atoms with E-state index in [9.17, 15) is 14.7 Å². The number of carbonyl (C=O) groups excluding carboxylic acids is 1. The highest BCUT2D eigenvalue weighted by Crippen LogP contribution is 2.40. The molecule has 0 amide bonds. The van der Waals surface area contributed by atoms with Crippen molar-refractivity contribution < 1.29 is 19.1 Å². The maximum Gasteiger partial charge on any atom is 0.351 e. The molecule has 4 aromatic rings. The van der Waals surface area contributed by atoms with E-state index in [4.69, 9.17) is 4.42 Å². The minimum atomic E-state index is -0.782. The summed E-state index contributed by atoms with van der Waals surface area (Å²) in [5, 5.41) is 13.0. The fourth-order valence-electron chi connectivity index (χ4n) is 2.86. The van der Waals surface area contributed by atoms with Crippen molar-refractivity contribution >= 4 is 39.5 Å². The molecule has 0 aliphatic rings. The number of carbonyl (C=O) groups is 1. The van der Waals surface area contributed by atoms with Crippen molar-refractivity contribution in [2.45, 2.75) is 9.79 Å². The van der Waals surface area contributed by atoms with Crippen LogP contribution in [0, 0.1) is 0 Å². The third-order valence-electron chi connectivity index (χ3n) is 4.19. The molecule has 0 aliphatic heterocycles. The smallest absolute Gasteiger partial charge is 0.351 e. The number of esters is 1. The maximum atomic E-state index is 12.0. The first-order chi connectivity index (χ1) is 13.1. The molecular weight excluding hydrogens is 364 g/mol. The quantitative estimate of drug-likeness (QED) is 0.415. The van der Waals surface area contributed by atoms with Crippen LogP contribution in [0.1, 0.15) is 10.4 Å². The summed E-state index contributed by atoms with van der Waals surface area (Å²) in [5.74, 6) is -0.749. The van der Waals surface area contributed by atoms with Crippen LogP contribution < -0.4 is 5.63 Å². The molecule has 4 rings (SSSR count). The van der Waals surface area contributed by atoms with Crippen molar-refractivity contribution in [1.29, 1.82) is 0 Å². The van der Waals surface area contributed by atoms with Crippen molar-refractivity contribution in [2.75, 3.05) is 7.11 Å². The predicted octanol–water partition coefficient (Wildman–Crippen LogP) is 4.59. The second-order valence-electron chi connectivity index (χ2n) is 5.88. The summed E-state index contributed by atoms with van der Waals surface area (Å²) in [4.78, 5) is 25.2. The molecule has 5 nitrogen and oxygen atoms in total. The van der Waals surface area contributed by atoms with Gasteiger partial charge in [-0.3, -0.25) is 0 Å². The highest BCUT2D eigenvalue weighted by Gasteiger charge is 2.18. The fourth-order valence-corrected chi connectivity index (χ4v) is 3.86. The Morgan fingerprint density at radius 3 is 2.59 bits per heavy atom. The van der Waals surface area contributed by atoms with Gasteiger partial charge in [-0.2, -0.15) is 0 Å². The van der Waals surface area contributed by atoms with Crippen LogP contribution >= 0.6 is 11.8 Å². The van der Waals surface area contributed by atoms with E-state index in [2.05, 4.69) is 4.74 Å². The molecular formula is C21H14O5S. The average molecular weight is 378 g/mol. The Hall–Kier alpha value is -3.25. The van der Waals surface area contributed by atoms with Crippen molar-refractivity contribution in [3.63, 3.8) is 0 Å². The van der Waals surface area contributed by atoms with Crippen molar-refractivity contribution in [1.82, 2.24) is 0 Å². The summed E-state index contributed by atoms with van der Waals surface area (Å²) in [5.41, 5.74) is -0.702. The Balaban J connectivity index is 1.87. The molecule has 134 valence electrons. The lowest BCUT2D eigenvalue weighted by Crippen LogP contribution is -2.15. The molecule has 0 unspecified atom stereocenters. The van der Waals surface area contributed by atoms with Gasteiger partial charge < -0.3 is 14.3 Å². The number of ether oxygens (including phenoxy) is 1. The number of hydrogen-bond acceptors (Lipinski definition) is 6. The summed E-state index contributed by atoms with van der Waals surface area (Å²) >= 11 is 1.33. The molecule has 6 heteroatoms. The summed E-state index contributed by atoms with van der Waals surface area (Å²) in [7, 11) is 1.19. The molecule has 0 bridgehead atoms. The fraction of sp³-hybridized carbons (Fsp3) is 0.0476. The summed E-state index contributed by atoms with van der Waals surface area (Å²) in [6, 6.07) is 18.3. The molecule has 1 heterocycles. The standard InChI is InChI=1S/C21H14O5S/c1-25-20(23)16-11-15-18(26-21(16)24)9-8-17(22)19(15)27-14-7-6-12-4-2-3-5-13(12)10-14/h2-11,22H,1H3. The molecule has 1 aromatic heterocycles. The second kappa shape index (κ2) is 6.81. The lowest BCUT2D eigenvalue weighted by molar-refractivity contribution is 0.0596. The number of benzene rings is 3. The monoisotopic (exact) mass is 378 g/mol.